The van der Waals surface area contributed by atoms with Gasteiger partial charge in [0.05, 0.1) is 12.1 Å². The Balaban J connectivity index is 2.06. The van der Waals surface area contributed by atoms with E-state index >= 15 is 0 Å². The highest BCUT2D eigenvalue weighted by atomic mass is 35.5. The molecule has 0 saturated heterocycles. The predicted molar refractivity (Wildman–Crippen MR) is 72.2 cm³/mol. The lowest BCUT2D eigenvalue weighted by atomic mass is 9.92. The molecule has 0 spiro atoms. The van der Waals surface area contributed by atoms with E-state index in [2.05, 4.69) is 5.32 Å². The van der Waals surface area contributed by atoms with Crippen LogP contribution in [0.25, 0.3) is 0 Å². The molecule has 1 aliphatic rings. The largest absolute Gasteiger partial charge is 0.391 e. The zero-order valence-corrected chi connectivity index (χ0v) is 11.3. The molecule has 1 aromatic carbocycles. The summed E-state index contributed by atoms with van der Waals surface area (Å²) in [5, 5.41) is 13.5. The van der Waals surface area contributed by atoms with Crippen molar-refractivity contribution in [1.29, 1.82) is 0 Å². The van der Waals surface area contributed by atoms with Crippen molar-refractivity contribution in [2.24, 2.45) is 0 Å². The Morgan fingerprint density at radius 2 is 1.78 bits per heavy atom. The topological polar surface area (TPSA) is 49.3 Å². The average molecular weight is 288 g/mol. The van der Waals surface area contributed by atoms with Gasteiger partial charge >= 0.3 is 0 Å². The van der Waals surface area contributed by atoms with Gasteiger partial charge in [0.2, 0.25) is 0 Å². The number of halogens is 2. The molecule has 98 valence electrons. The molecule has 1 saturated carbocycles. The first-order valence-electron chi connectivity index (χ1n) is 6.01. The van der Waals surface area contributed by atoms with Gasteiger partial charge in [-0.2, -0.15) is 0 Å². The van der Waals surface area contributed by atoms with Crippen molar-refractivity contribution in [1.82, 2.24) is 5.32 Å². The SMILES string of the molecule is O=C(N[C@@H]1CCCC[C@H]1O)c1cc(Cl)cc(Cl)c1. The summed E-state index contributed by atoms with van der Waals surface area (Å²) in [5.41, 5.74) is 0.422. The molecule has 1 aromatic rings. The quantitative estimate of drug-likeness (QED) is 0.878. The predicted octanol–water partition coefficient (Wildman–Crippen LogP) is 3.03. The molecular weight excluding hydrogens is 273 g/mol. The number of carbonyl (C=O) groups excluding carboxylic acids is 1. The molecule has 2 N–H and O–H groups in total. The van der Waals surface area contributed by atoms with Crippen LogP contribution in [0.4, 0.5) is 0 Å². The lowest BCUT2D eigenvalue weighted by Crippen LogP contribution is -2.45. The Morgan fingerprint density at radius 1 is 1.17 bits per heavy atom. The number of nitrogens with one attached hydrogen (secondary N) is 1. The van der Waals surface area contributed by atoms with E-state index in [4.69, 9.17) is 23.2 Å². The number of hydrogen-bond donors (Lipinski definition) is 2. The second kappa shape index (κ2) is 5.91. The molecule has 18 heavy (non-hydrogen) atoms. The van der Waals surface area contributed by atoms with E-state index in [-0.39, 0.29) is 11.9 Å². The highest BCUT2D eigenvalue weighted by molar-refractivity contribution is 6.35. The number of amides is 1. The third-order valence-electron chi connectivity index (χ3n) is 3.17. The highest BCUT2D eigenvalue weighted by Crippen LogP contribution is 2.21. The van der Waals surface area contributed by atoms with Gasteiger partial charge in [0, 0.05) is 15.6 Å². The van der Waals surface area contributed by atoms with Crippen LogP contribution in [0.2, 0.25) is 10.0 Å². The number of aliphatic hydroxyl groups is 1. The third-order valence-corrected chi connectivity index (χ3v) is 3.61. The maximum Gasteiger partial charge on any atom is 0.251 e. The Kier molecular flexibility index (Phi) is 4.49. The van der Waals surface area contributed by atoms with Gasteiger partial charge < -0.3 is 10.4 Å². The number of rotatable bonds is 2. The third kappa shape index (κ3) is 3.37. The Hall–Kier alpha value is -0.770. The first kappa shape index (κ1) is 13.7. The highest BCUT2D eigenvalue weighted by Gasteiger charge is 2.24. The van der Waals surface area contributed by atoms with Crippen molar-refractivity contribution in [2.75, 3.05) is 0 Å². The van der Waals surface area contributed by atoms with Gasteiger partial charge in [-0.25, -0.2) is 0 Å². The zero-order chi connectivity index (χ0) is 13.1. The minimum absolute atomic E-state index is 0.177. The molecule has 1 amide bonds. The monoisotopic (exact) mass is 287 g/mol. The van der Waals surface area contributed by atoms with E-state index in [1.54, 1.807) is 18.2 Å². The van der Waals surface area contributed by atoms with Crippen LogP contribution >= 0.6 is 23.2 Å². The normalized spacial score (nSPS) is 23.7. The maximum atomic E-state index is 12.0. The van der Waals surface area contributed by atoms with Crippen molar-refractivity contribution >= 4 is 29.1 Å². The van der Waals surface area contributed by atoms with E-state index in [1.165, 1.54) is 0 Å². The standard InChI is InChI=1S/C13H15Cl2NO2/c14-9-5-8(6-10(15)7-9)13(18)16-11-3-1-2-4-12(11)17/h5-7,11-12,17H,1-4H2,(H,16,18)/t11-,12-/m1/s1. The first-order valence-corrected chi connectivity index (χ1v) is 6.77. The van der Waals surface area contributed by atoms with Crippen LogP contribution in [0.3, 0.4) is 0 Å². The van der Waals surface area contributed by atoms with Gasteiger partial charge in [0.15, 0.2) is 0 Å². The molecule has 0 aromatic heterocycles. The van der Waals surface area contributed by atoms with Crippen LogP contribution in [0.5, 0.6) is 0 Å². The molecule has 0 bridgehead atoms. The zero-order valence-electron chi connectivity index (χ0n) is 9.83. The van der Waals surface area contributed by atoms with Crippen LogP contribution in [0.1, 0.15) is 36.0 Å². The second-order valence-corrected chi connectivity index (χ2v) is 5.46. The van der Waals surface area contributed by atoms with Crippen molar-refractivity contribution in [3.8, 4) is 0 Å². The summed E-state index contributed by atoms with van der Waals surface area (Å²) in [4.78, 5) is 12.0. The van der Waals surface area contributed by atoms with Gasteiger partial charge in [0.25, 0.3) is 5.91 Å². The fourth-order valence-corrected chi connectivity index (χ4v) is 2.74. The summed E-state index contributed by atoms with van der Waals surface area (Å²) in [6.07, 6.45) is 3.12. The minimum atomic E-state index is -0.461. The summed E-state index contributed by atoms with van der Waals surface area (Å²) in [7, 11) is 0. The summed E-state index contributed by atoms with van der Waals surface area (Å²) < 4.78 is 0. The molecule has 2 rings (SSSR count). The van der Waals surface area contributed by atoms with Gasteiger partial charge in [-0.05, 0) is 31.0 Å². The molecule has 1 fully saturated rings. The molecule has 0 heterocycles. The van der Waals surface area contributed by atoms with Crippen LogP contribution in [0, 0.1) is 0 Å². The number of hydrogen-bond acceptors (Lipinski definition) is 2. The van der Waals surface area contributed by atoms with Gasteiger partial charge in [-0.3, -0.25) is 4.79 Å². The lowest BCUT2D eigenvalue weighted by molar-refractivity contribution is 0.0717. The summed E-state index contributed by atoms with van der Waals surface area (Å²) in [5.74, 6) is -0.245. The van der Waals surface area contributed by atoms with Crippen molar-refractivity contribution in [2.45, 2.75) is 37.8 Å². The molecule has 5 heteroatoms. The van der Waals surface area contributed by atoms with Gasteiger partial charge in [-0.15, -0.1) is 0 Å². The maximum absolute atomic E-state index is 12.0. The van der Waals surface area contributed by atoms with E-state index < -0.39 is 6.10 Å². The van der Waals surface area contributed by atoms with Crippen LogP contribution in [0.15, 0.2) is 18.2 Å². The average Bonchev–Trinajstić information content (AvgIpc) is 2.31. The van der Waals surface area contributed by atoms with Crippen LogP contribution in [-0.4, -0.2) is 23.2 Å². The van der Waals surface area contributed by atoms with Crippen LogP contribution < -0.4 is 5.32 Å². The van der Waals surface area contributed by atoms with Crippen molar-refractivity contribution in [3.63, 3.8) is 0 Å². The smallest absolute Gasteiger partial charge is 0.251 e. The van der Waals surface area contributed by atoms with Gasteiger partial charge in [-0.1, -0.05) is 36.0 Å². The number of benzene rings is 1. The van der Waals surface area contributed by atoms with Crippen LogP contribution in [-0.2, 0) is 0 Å². The molecular formula is C13H15Cl2NO2. The second-order valence-electron chi connectivity index (χ2n) is 4.59. The Labute approximate surface area is 116 Å². The van der Waals surface area contributed by atoms with E-state index in [9.17, 15) is 9.90 Å². The van der Waals surface area contributed by atoms with E-state index in [0.717, 1.165) is 25.7 Å². The minimum Gasteiger partial charge on any atom is -0.391 e. The molecule has 0 unspecified atom stereocenters. The first-order chi connectivity index (χ1) is 8.56. The number of carbonyl (C=O) groups is 1. The summed E-state index contributed by atoms with van der Waals surface area (Å²) in [6.45, 7) is 0. The summed E-state index contributed by atoms with van der Waals surface area (Å²) >= 11 is 11.7. The molecule has 3 nitrogen and oxygen atoms in total. The summed E-state index contributed by atoms with van der Waals surface area (Å²) in [6, 6.07) is 4.54. The fraction of sp³-hybridized carbons (Fsp3) is 0.462. The fourth-order valence-electron chi connectivity index (χ4n) is 2.22. The lowest BCUT2D eigenvalue weighted by Gasteiger charge is -2.28. The Bertz CT molecular complexity index is 430. The molecule has 1 aliphatic carbocycles. The van der Waals surface area contributed by atoms with E-state index in [1.807, 2.05) is 0 Å². The van der Waals surface area contributed by atoms with Crippen molar-refractivity contribution < 1.29 is 9.90 Å². The number of aliphatic hydroxyl groups excluding tert-OH is 1. The van der Waals surface area contributed by atoms with Gasteiger partial charge in [0.1, 0.15) is 0 Å². The van der Waals surface area contributed by atoms with E-state index in [0.29, 0.717) is 15.6 Å². The van der Waals surface area contributed by atoms with Crippen molar-refractivity contribution in [3.05, 3.63) is 33.8 Å². The molecule has 2 atom stereocenters. The molecule has 0 aliphatic heterocycles. The Morgan fingerprint density at radius 3 is 2.39 bits per heavy atom. The molecule has 0 radical (unpaired) electrons.